The minimum absolute atomic E-state index is 0.139. The number of hydrogen-bond donors (Lipinski definition) is 2. The predicted molar refractivity (Wildman–Crippen MR) is 98.9 cm³/mol. The Kier molecular flexibility index (Phi) is 5.56. The van der Waals surface area contributed by atoms with Gasteiger partial charge in [-0.05, 0) is 69.6 Å². The minimum Gasteiger partial charge on any atom is -0.469 e. The fraction of sp³-hybridized carbons (Fsp3) is 0.762. The molecule has 0 aromatic rings. The summed E-state index contributed by atoms with van der Waals surface area (Å²) in [5.74, 6) is 0.0726. The summed E-state index contributed by atoms with van der Waals surface area (Å²) in [5, 5.41) is 20.9. The molecule has 4 nitrogen and oxygen atoms in total. The lowest BCUT2D eigenvalue weighted by molar-refractivity contribution is -0.177. The summed E-state index contributed by atoms with van der Waals surface area (Å²) in [6.07, 6.45) is 5.29. The van der Waals surface area contributed by atoms with E-state index in [1.165, 1.54) is 12.7 Å². The molecule has 2 saturated carbocycles. The molecule has 6 atom stereocenters. The van der Waals surface area contributed by atoms with E-state index >= 15 is 0 Å². The van der Waals surface area contributed by atoms with Crippen LogP contribution in [0.3, 0.4) is 0 Å². The number of hydrogen-bond acceptors (Lipinski definition) is 4. The first-order chi connectivity index (χ1) is 11.5. The molecule has 2 aliphatic carbocycles. The number of aliphatic hydroxyl groups is 2. The van der Waals surface area contributed by atoms with Crippen LogP contribution in [-0.4, -0.2) is 35.0 Å². The molecule has 0 aliphatic heterocycles. The van der Waals surface area contributed by atoms with Gasteiger partial charge in [-0.25, -0.2) is 0 Å². The fourth-order valence-corrected chi connectivity index (χ4v) is 5.62. The Bertz CT molecular complexity index is 552. The van der Waals surface area contributed by atoms with Crippen LogP contribution in [0, 0.1) is 22.7 Å². The molecule has 4 heteroatoms. The van der Waals surface area contributed by atoms with Gasteiger partial charge in [-0.2, -0.15) is 0 Å². The second kappa shape index (κ2) is 6.88. The summed E-state index contributed by atoms with van der Waals surface area (Å²) in [4.78, 5) is 12.6. The van der Waals surface area contributed by atoms with Gasteiger partial charge >= 0.3 is 5.97 Å². The van der Waals surface area contributed by atoms with E-state index in [0.29, 0.717) is 19.3 Å². The second-order valence-electron chi connectivity index (χ2n) is 8.88. The van der Waals surface area contributed by atoms with Crippen molar-refractivity contribution in [3.05, 3.63) is 24.8 Å². The molecule has 0 saturated heterocycles. The summed E-state index contributed by atoms with van der Waals surface area (Å²) >= 11 is 0. The standard InChI is InChI=1S/C21H34O4/c1-7-19(3,24)11-10-16-14(2)8-9-17-20(16,4)12-15(22)13-21(17,5)18(23)25-6/h7,15-17,22,24H,1-2,8-13H2,3-6H3/t15-,16+,17?,19?,20-,21+/m1/s1. The maximum absolute atomic E-state index is 12.6. The van der Waals surface area contributed by atoms with Crippen molar-refractivity contribution in [3.8, 4) is 0 Å². The largest absolute Gasteiger partial charge is 0.469 e. The Hall–Kier alpha value is -1.13. The summed E-state index contributed by atoms with van der Waals surface area (Å²) in [6, 6.07) is 0. The van der Waals surface area contributed by atoms with Crippen molar-refractivity contribution in [1.82, 2.24) is 0 Å². The molecule has 0 spiro atoms. The number of ether oxygens (including phenoxy) is 1. The number of fused-ring (bicyclic) bond motifs is 1. The zero-order chi connectivity index (χ0) is 19.0. The van der Waals surface area contributed by atoms with Gasteiger partial charge in [0.1, 0.15) is 0 Å². The molecule has 0 aromatic carbocycles. The van der Waals surface area contributed by atoms with Gasteiger partial charge < -0.3 is 14.9 Å². The van der Waals surface area contributed by atoms with Gasteiger partial charge in [-0.15, -0.1) is 6.58 Å². The third-order valence-electron chi connectivity index (χ3n) is 6.97. The van der Waals surface area contributed by atoms with Gasteiger partial charge in [0.25, 0.3) is 0 Å². The van der Waals surface area contributed by atoms with Crippen LogP contribution < -0.4 is 0 Å². The van der Waals surface area contributed by atoms with E-state index in [2.05, 4.69) is 20.1 Å². The molecule has 0 amide bonds. The van der Waals surface area contributed by atoms with Crippen LogP contribution in [-0.2, 0) is 9.53 Å². The Balaban J connectivity index is 2.37. The smallest absolute Gasteiger partial charge is 0.311 e. The van der Waals surface area contributed by atoms with E-state index in [1.807, 2.05) is 6.92 Å². The minimum atomic E-state index is -0.914. The maximum atomic E-state index is 12.6. The van der Waals surface area contributed by atoms with Gasteiger partial charge in [-0.1, -0.05) is 25.2 Å². The van der Waals surface area contributed by atoms with E-state index < -0.39 is 17.1 Å². The number of esters is 1. The van der Waals surface area contributed by atoms with Crippen molar-refractivity contribution in [3.63, 3.8) is 0 Å². The SMILES string of the molecule is C=CC(C)(O)CC[C@H]1C(=C)CCC2[C@]1(C)C[C@@H](O)C[C@]2(C)C(=O)OC. The monoisotopic (exact) mass is 350 g/mol. The van der Waals surface area contributed by atoms with Crippen LogP contribution in [0.4, 0.5) is 0 Å². The zero-order valence-electron chi connectivity index (χ0n) is 16.2. The van der Waals surface area contributed by atoms with Crippen molar-refractivity contribution in [2.75, 3.05) is 7.11 Å². The van der Waals surface area contributed by atoms with Crippen LogP contribution >= 0.6 is 0 Å². The van der Waals surface area contributed by atoms with E-state index in [4.69, 9.17) is 4.74 Å². The first-order valence-electron chi connectivity index (χ1n) is 9.30. The summed E-state index contributed by atoms with van der Waals surface area (Å²) in [7, 11) is 1.42. The molecule has 0 heterocycles. The highest BCUT2D eigenvalue weighted by Gasteiger charge is 2.59. The highest BCUT2D eigenvalue weighted by molar-refractivity contribution is 5.77. The average Bonchev–Trinajstić information content (AvgIpc) is 2.52. The fourth-order valence-electron chi connectivity index (χ4n) is 5.62. The van der Waals surface area contributed by atoms with Crippen LogP contribution in [0.2, 0.25) is 0 Å². The topological polar surface area (TPSA) is 66.8 Å². The first-order valence-corrected chi connectivity index (χ1v) is 9.30. The quantitative estimate of drug-likeness (QED) is 0.587. The highest BCUT2D eigenvalue weighted by atomic mass is 16.5. The number of carbonyl (C=O) groups excluding carboxylic acids is 1. The third kappa shape index (κ3) is 3.56. The molecule has 0 bridgehead atoms. The molecule has 0 radical (unpaired) electrons. The van der Waals surface area contributed by atoms with Crippen LogP contribution in [0.1, 0.15) is 59.3 Å². The van der Waals surface area contributed by atoms with Crippen molar-refractivity contribution >= 4 is 5.97 Å². The molecule has 2 unspecified atom stereocenters. The van der Waals surface area contributed by atoms with Crippen molar-refractivity contribution < 1.29 is 19.7 Å². The Morgan fingerprint density at radius 1 is 1.44 bits per heavy atom. The Morgan fingerprint density at radius 3 is 2.64 bits per heavy atom. The Morgan fingerprint density at radius 2 is 2.08 bits per heavy atom. The average molecular weight is 350 g/mol. The van der Waals surface area contributed by atoms with Gasteiger partial charge in [-0.3, -0.25) is 4.79 Å². The summed E-state index contributed by atoms with van der Waals surface area (Å²) < 4.78 is 5.10. The van der Waals surface area contributed by atoms with Gasteiger partial charge in [0.05, 0.1) is 24.2 Å². The molecule has 142 valence electrons. The number of aliphatic hydroxyl groups excluding tert-OH is 1. The highest BCUT2D eigenvalue weighted by Crippen LogP contribution is 2.62. The van der Waals surface area contributed by atoms with E-state index in [-0.39, 0.29) is 23.2 Å². The second-order valence-corrected chi connectivity index (χ2v) is 8.88. The molecular formula is C21H34O4. The normalized spacial score (nSPS) is 40.7. The first kappa shape index (κ1) is 20.2. The number of rotatable bonds is 5. The van der Waals surface area contributed by atoms with E-state index in [9.17, 15) is 15.0 Å². The molecule has 2 aliphatic rings. The molecular weight excluding hydrogens is 316 g/mol. The van der Waals surface area contributed by atoms with Crippen LogP contribution in [0.15, 0.2) is 24.8 Å². The summed E-state index contributed by atoms with van der Waals surface area (Å²) in [5.41, 5.74) is -0.656. The van der Waals surface area contributed by atoms with Crippen molar-refractivity contribution in [1.29, 1.82) is 0 Å². The summed E-state index contributed by atoms with van der Waals surface area (Å²) in [6.45, 7) is 13.9. The lowest BCUT2D eigenvalue weighted by atomic mass is 9.46. The maximum Gasteiger partial charge on any atom is 0.311 e. The lowest BCUT2D eigenvalue weighted by Crippen LogP contribution is -2.57. The zero-order valence-corrected chi connectivity index (χ0v) is 16.2. The molecule has 2 rings (SSSR count). The molecule has 25 heavy (non-hydrogen) atoms. The van der Waals surface area contributed by atoms with E-state index in [1.54, 1.807) is 13.0 Å². The van der Waals surface area contributed by atoms with Gasteiger partial charge in [0.2, 0.25) is 0 Å². The van der Waals surface area contributed by atoms with Crippen LogP contribution in [0.25, 0.3) is 0 Å². The predicted octanol–water partition coefficient (Wildman–Crippen LogP) is 3.63. The lowest BCUT2D eigenvalue weighted by Gasteiger charge is -2.58. The third-order valence-corrected chi connectivity index (χ3v) is 6.97. The Labute approximate surface area is 152 Å². The van der Waals surface area contributed by atoms with Crippen LogP contribution in [0.5, 0.6) is 0 Å². The number of carbonyl (C=O) groups is 1. The molecule has 2 N–H and O–H groups in total. The van der Waals surface area contributed by atoms with Crippen molar-refractivity contribution in [2.45, 2.75) is 71.0 Å². The molecule has 2 fully saturated rings. The van der Waals surface area contributed by atoms with Gasteiger partial charge in [0.15, 0.2) is 0 Å². The van der Waals surface area contributed by atoms with Gasteiger partial charge in [0, 0.05) is 0 Å². The number of methoxy groups -OCH3 is 1. The molecule has 0 aromatic heterocycles. The van der Waals surface area contributed by atoms with Crippen molar-refractivity contribution in [2.24, 2.45) is 22.7 Å². The van der Waals surface area contributed by atoms with E-state index in [0.717, 1.165) is 19.3 Å². The number of allylic oxidation sites excluding steroid dienone is 1.